The Kier molecular flexibility index (Phi) is 4.32. The first kappa shape index (κ1) is 17.4. The second-order valence-corrected chi connectivity index (χ2v) is 6.14. The van der Waals surface area contributed by atoms with E-state index in [0.29, 0.717) is 41.2 Å². The highest BCUT2D eigenvalue weighted by atomic mass is 16.1. The standard InChI is InChI=1S/C17H18N10O/c1-9-21-15(25-17(18)22-9)14-16(23-12-5-6-20-26-12)24-13-4-3-11(8-27(13)14)7-19-10(2)28/h3-6,8H,7H2,1-2H3,(H,19,28)(H2,20,23,26)(H2,18,21,22,25). The molecular formula is C17H18N10O. The molecule has 0 spiro atoms. The minimum Gasteiger partial charge on any atom is -0.368 e. The van der Waals surface area contributed by atoms with Crippen LogP contribution in [-0.2, 0) is 11.3 Å². The number of nitrogens with zero attached hydrogens (tertiary/aromatic N) is 6. The number of H-pyrrole nitrogens is 1. The van der Waals surface area contributed by atoms with Crippen LogP contribution in [0, 0.1) is 6.92 Å². The van der Waals surface area contributed by atoms with E-state index >= 15 is 0 Å². The lowest BCUT2D eigenvalue weighted by molar-refractivity contribution is -0.119. The van der Waals surface area contributed by atoms with Gasteiger partial charge >= 0.3 is 0 Å². The maximum absolute atomic E-state index is 11.2. The predicted octanol–water partition coefficient (Wildman–Crippen LogP) is 1.18. The number of pyridine rings is 1. The molecule has 5 N–H and O–H groups in total. The molecular weight excluding hydrogens is 360 g/mol. The maximum atomic E-state index is 11.2. The van der Waals surface area contributed by atoms with Gasteiger partial charge in [0.25, 0.3) is 0 Å². The highest BCUT2D eigenvalue weighted by Crippen LogP contribution is 2.29. The fourth-order valence-electron chi connectivity index (χ4n) is 2.78. The molecule has 0 unspecified atom stereocenters. The number of aromatic nitrogens is 7. The van der Waals surface area contributed by atoms with Crippen LogP contribution in [0.3, 0.4) is 0 Å². The molecule has 4 heterocycles. The Bertz CT molecular complexity index is 1130. The van der Waals surface area contributed by atoms with Gasteiger partial charge in [0.2, 0.25) is 11.9 Å². The Morgan fingerprint density at radius 2 is 2.07 bits per heavy atom. The van der Waals surface area contributed by atoms with Gasteiger partial charge in [0.05, 0.1) is 6.20 Å². The van der Waals surface area contributed by atoms with Crippen LogP contribution in [0.2, 0.25) is 0 Å². The third-order valence-electron chi connectivity index (χ3n) is 3.95. The normalized spacial score (nSPS) is 10.9. The lowest BCUT2D eigenvalue weighted by atomic mass is 10.2. The summed E-state index contributed by atoms with van der Waals surface area (Å²) >= 11 is 0. The van der Waals surface area contributed by atoms with Crippen molar-refractivity contribution in [1.82, 2.24) is 39.9 Å². The molecule has 4 rings (SSSR count). The molecule has 0 fully saturated rings. The van der Waals surface area contributed by atoms with Crippen molar-refractivity contribution in [3.05, 3.63) is 42.0 Å². The summed E-state index contributed by atoms with van der Waals surface area (Å²) in [5.74, 6) is 2.11. The van der Waals surface area contributed by atoms with Gasteiger partial charge in [0.15, 0.2) is 11.6 Å². The molecule has 11 heteroatoms. The van der Waals surface area contributed by atoms with Crippen LogP contribution >= 0.6 is 0 Å². The highest BCUT2D eigenvalue weighted by molar-refractivity contribution is 5.76. The molecule has 11 nitrogen and oxygen atoms in total. The van der Waals surface area contributed by atoms with E-state index in [4.69, 9.17) is 5.73 Å². The number of nitrogens with two attached hydrogens (primary N) is 1. The number of aromatic amines is 1. The van der Waals surface area contributed by atoms with Crippen LogP contribution in [0.15, 0.2) is 30.6 Å². The Hall–Kier alpha value is -4.02. The van der Waals surface area contributed by atoms with Gasteiger partial charge in [-0.3, -0.25) is 14.3 Å². The molecule has 0 bridgehead atoms. The smallest absolute Gasteiger partial charge is 0.223 e. The number of amides is 1. The fraction of sp³-hybridized carbons (Fsp3) is 0.176. The molecule has 0 saturated heterocycles. The molecule has 0 aliphatic heterocycles. The molecule has 0 radical (unpaired) electrons. The number of hydrogen-bond acceptors (Lipinski definition) is 8. The fourth-order valence-corrected chi connectivity index (χ4v) is 2.78. The van der Waals surface area contributed by atoms with E-state index in [1.54, 1.807) is 19.2 Å². The summed E-state index contributed by atoms with van der Waals surface area (Å²) in [4.78, 5) is 28.6. The van der Waals surface area contributed by atoms with E-state index in [9.17, 15) is 4.79 Å². The average Bonchev–Trinajstić information content (AvgIpc) is 3.26. The molecule has 0 aromatic carbocycles. The molecule has 1 amide bonds. The Morgan fingerprint density at radius 3 is 2.79 bits per heavy atom. The monoisotopic (exact) mass is 378 g/mol. The van der Waals surface area contributed by atoms with Gasteiger partial charge in [-0.05, 0) is 18.6 Å². The second-order valence-electron chi connectivity index (χ2n) is 6.14. The summed E-state index contributed by atoms with van der Waals surface area (Å²) in [6, 6.07) is 5.54. The quantitative estimate of drug-likeness (QED) is 0.404. The molecule has 28 heavy (non-hydrogen) atoms. The summed E-state index contributed by atoms with van der Waals surface area (Å²) in [5, 5.41) is 12.7. The van der Waals surface area contributed by atoms with Crippen molar-refractivity contribution >= 4 is 29.1 Å². The van der Waals surface area contributed by atoms with Crippen LogP contribution in [-0.4, -0.2) is 40.4 Å². The zero-order chi connectivity index (χ0) is 19.7. The number of imidazole rings is 1. The van der Waals surface area contributed by atoms with Gasteiger partial charge in [-0.25, -0.2) is 9.97 Å². The summed E-state index contributed by atoms with van der Waals surface area (Å²) in [6.45, 7) is 3.61. The van der Waals surface area contributed by atoms with Gasteiger partial charge < -0.3 is 16.4 Å². The van der Waals surface area contributed by atoms with E-state index in [0.717, 1.165) is 5.56 Å². The number of anilines is 3. The lowest BCUT2D eigenvalue weighted by Crippen LogP contribution is -2.19. The van der Waals surface area contributed by atoms with E-state index in [1.807, 2.05) is 22.7 Å². The van der Waals surface area contributed by atoms with Crippen molar-refractivity contribution in [3.8, 4) is 11.5 Å². The van der Waals surface area contributed by atoms with Crippen molar-refractivity contribution in [2.75, 3.05) is 11.1 Å². The number of carbonyl (C=O) groups excluding carboxylic acids is 1. The summed E-state index contributed by atoms with van der Waals surface area (Å²) in [6.07, 6.45) is 3.51. The van der Waals surface area contributed by atoms with E-state index in [1.165, 1.54) is 6.92 Å². The SMILES string of the molecule is CC(=O)NCc1ccc2nc(Nc3ccn[nH]3)c(-c3nc(C)nc(N)n3)n2c1. The van der Waals surface area contributed by atoms with E-state index < -0.39 is 0 Å². The summed E-state index contributed by atoms with van der Waals surface area (Å²) < 4.78 is 1.85. The van der Waals surface area contributed by atoms with Gasteiger partial charge in [-0.1, -0.05) is 6.07 Å². The number of nitrogens with one attached hydrogen (secondary N) is 3. The van der Waals surface area contributed by atoms with Gasteiger partial charge in [0, 0.05) is 25.7 Å². The predicted molar refractivity (Wildman–Crippen MR) is 103 cm³/mol. The van der Waals surface area contributed by atoms with Crippen LogP contribution in [0.25, 0.3) is 17.2 Å². The van der Waals surface area contributed by atoms with Gasteiger partial charge in [0.1, 0.15) is 23.0 Å². The highest BCUT2D eigenvalue weighted by Gasteiger charge is 2.19. The van der Waals surface area contributed by atoms with Crippen molar-refractivity contribution in [2.24, 2.45) is 0 Å². The van der Waals surface area contributed by atoms with Gasteiger partial charge in [-0.2, -0.15) is 15.1 Å². The van der Waals surface area contributed by atoms with Crippen molar-refractivity contribution in [3.63, 3.8) is 0 Å². The van der Waals surface area contributed by atoms with Crippen LogP contribution in [0.5, 0.6) is 0 Å². The number of aryl methyl sites for hydroxylation is 1. The van der Waals surface area contributed by atoms with Crippen molar-refractivity contribution in [2.45, 2.75) is 20.4 Å². The first-order chi connectivity index (χ1) is 13.5. The second kappa shape index (κ2) is 6.95. The molecule has 0 aliphatic carbocycles. The zero-order valence-electron chi connectivity index (χ0n) is 15.3. The number of rotatable bonds is 5. The number of hydrogen-bond donors (Lipinski definition) is 4. The molecule has 4 aromatic rings. The van der Waals surface area contributed by atoms with Crippen LogP contribution in [0.1, 0.15) is 18.3 Å². The Labute approximate surface area is 159 Å². The number of fused-ring (bicyclic) bond motifs is 1. The minimum atomic E-state index is -0.103. The first-order valence-corrected chi connectivity index (χ1v) is 8.50. The zero-order valence-corrected chi connectivity index (χ0v) is 15.3. The Balaban J connectivity index is 1.87. The largest absolute Gasteiger partial charge is 0.368 e. The number of nitrogen functional groups attached to an aromatic ring is 1. The Morgan fingerprint density at radius 1 is 1.21 bits per heavy atom. The van der Waals surface area contributed by atoms with Crippen LogP contribution in [0.4, 0.5) is 17.6 Å². The van der Waals surface area contributed by atoms with Gasteiger partial charge in [-0.15, -0.1) is 0 Å². The first-order valence-electron chi connectivity index (χ1n) is 8.50. The molecule has 0 saturated carbocycles. The number of carbonyl (C=O) groups is 1. The van der Waals surface area contributed by atoms with E-state index in [-0.39, 0.29) is 11.9 Å². The van der Waals surface area contributed by atoms with E-state index in [2.05, 4.69) is 40.8 Å². The topological polar surface area (TPSA) is 152 Å². The molecule has 142 valence electrons. The maximum Gasteiger partial charge on any atom is 0.223 e. The lowest BCUT2D eigenvalue weighted by Gasteiger charge is -2.08. The molecule has 0 atom stereocenters. The third kappa shape index (κ3) is 3.45. The summed E-state index contributed by atoms with van der Waals surface area (Å²) in [5.41, 5.74) is 8.02. The summed E-state index contributed by atoms with van der Waals surface area (Å²) in [7, 11) is 0. The van der Waals surface area contributed by atoms with Crippen LogP contribution < -0.4 is 16.4 Å². The van der Waals surface area contributed by atoms with Crippen molar-refractivity contribution in [1.29, 1.82) is 0 Å². The molecule has 0 aliphatic rings. The minimum absolute atomic E-state index is 0.103. The molecule has 4 aromatic heterocycles. The average molecular weight is 378 g/mol. The third-order valence-corrected chi connectivity index (χ3v) is 3.95. The van der Waals surface area contributed by atoms with Crippen molar-refractivity contribution < 1.29 is 4.79 Å².